The lowest BCUT2D eigenvalue weighted by molar-refractivity contribution is -0.122. The van der Waals surface area contributed by atoms with Crippen LogP contribution in [0.5, 0.6) is 5.75 Å². The van der Waals surface area contributed by atoms with Gasteiger partial charge in [0, 0.05) is 0 Å². The molecule has 1 aliphatic heterocycles. The van der Waals surface area contributed by atoms with Crippen LogP contribution in [0.25, 0.3) is 0 Å². The van der Waals surface area contributed by atoms with E-state index in [1.165, 1.54) is 10.5 Å². The van der Waals surface area contributed by atoms with E-state index in [2.05, 4.69) is 12.1 Å². The van der Waals surface area contributed by atoms with E-state index in [-0.39, 0.29) is 29.6 Å². The molecular formula is C29H27NO4. The quantitative estimate of drug-likeness (QED) is 0.293. The Morgan fingerprint density at radius 3 is 2.26 bits per heavy atom. The number of carbonyl (C=O) groups excluding carboxylic acids is 3. The molecule has 172 valence electrons. The maximum absolute atomic E-state index is 13.4. The van der Waals surface area contributed by atoms with Crippen molar-refractivity contribution in [2.75, 3.05) is 4.90 Å². The second-order valence-electron chi connectivity index (χ2n) is 9.41. The topological polar surface area (TPSA) is 63.7 Å². The minimum absolute atomic E-state index is 0.165. The smallest absolute Gasteiger partial charge is 0.343 e. The highest BCUT2D eigenvalue weighted by Crippen LogP contribution is 2.45. The molecule has 0 bridgehead atoms. The van der Waals surface area contributed by atoms with Crippen molar-refractivity contribution in [1.29, 1.82) is 0 Å². The number of anilines is 1. The minimum atomic E-state index is -0.521. The Bertz CT molecular complexity index is 1250. The van der Waals surface area contributed by atoms with Gasteiger partial charge in [0.25, 0.3) is 0 Å². The lowest BCUT2D eigenvalue weighted by Crippen LogP contribution is -2.31. The van der Waals surface area contributed by atoms with E-state index in [9.17, 15) is 14.4 Å². The highest BCUT2D eigenvalue weighted by atomic mass is 16.5. The SMILES string of the molecule is Cc1cc(C)cc(OC(=O)c2cccc(N3C(=O)[C@H]4CC[C@H](c5ccccc5)C[C@@H]4C3=O)c2)c1. The van der Waals surface area contributed by atoms with Crippen molar-refractivity contribution in [1.82, 2.24) is 0 Å². The molecule has 2 amide bonds. The molecular weight excluding hydrogens is 426 g/mol. The second-order valence-corrected chi connectivity index (χ2v) is 9.41. The first-order chi connectivity index (χ1) is 16.4. The largest absolute Gasteiger partial charge is 0.423 e. The molecule has 0 aromatic heterocycles. The molecule has 5 heteroatoms. The fraction of sp³-hybridized carbons (Fsp3) is 0.276. The third kappa shape index (κ3) is 4.14. The molecule has 3 aromatic carbocycles. The van der Waals surface area contributed by atoms with Crippen molar-refractivity contribution in [2.45, 2.75) is 39.0 Å². The molecule has 0 radical (unpaired) electrons. The van der Waals surface area contributed by atoms with Crippen molar-refractivity contribution < 1.29 is 19.1 Å². The number of imide groups is 1. The third-order valence-electron chi connectivity index (χ3n) is 6.94. The van der Waals surface area contributed by atoms with Gasteiger partial charge in [-0.05, 0) is 86.1 Å². The summed E-state index contributed by atoms with van der Waals surface area (Å²) >= 11 is 0. The summed E-state index contributed by atoms with van der Waals surface area (Å²) in [5.41, 5.74) is 3.95. The first-order valence-corrected chi connectivity index (χ1v) is 11.7. The molecule has 1 aliphatic carbocycles. The van der Waals surface area contributed by atoms with E-state index in [0.29, 0.717) is 29.8 Å². The number of benzene rings is 3. The van der Waals surface area contributed by atoms with Crippen molar-refractivity contribution in [2.24, 2.45) is 11.8 Å². The van der Waals surface area contributed by atoms with Crippen molar-refractivity contribution >= 4 is 23.5 Å². The van der Waals surface area contributed by atoms with Gasteiger partial charge in [-0.1, -0.05) is 42.5 Å². The number of nitrogens with zero attached hydrogens (tertiary/aromatic N) is 1. The molecule has 0 N–H and O–H groups in total. The first kappa shape index (κ1) is 22.1. The van der Waals surface area contributed by atoms with Gasteiger partial charge in [-0.15, -0.1) is 0 Å². The van der Waals surface area contributed by atoms with Crippen LogP contribution in [0.4, 0.5) is 5.69 Å². The summed E-state index contributed by atoms with van der Waals surface area (Å²) in [5.74, 6) is -0.725. The van der Waals surface area contributed by atoms with Gasteiger partial charge in [0.15, 0.2) is 0 Å². The zero-order valence-electron chi connectivity index (χ0n) is 19.4. The summed E-state index contributed by atoms with van der Waals surface area (Å²) in [6, 6.07) is 22.4. The molecule has 1 heterocycles. The van der Waals surface area contributed by atoms with Gasteiger partial charge < -0.3 is 4.74 Å². The highest BCUT2D eigenvalue weighted by molar-refractivity contribution is 6.22. The van der Waals surface area contributed by atoms with Crippen LogP contribution in [0.2, 0.25) is 0 Å². The van der Waals surface area contributed by atoms with Gasteiger partial charge in [0.2, 0.25) is 11.8 Å². The molecule has 5 rings (SSSR count). The van der Waals surface area contributed by atoms with Crippen LogP contribution in [-0.2, 0) is 9.59 Å². The van der Waals surface area contributed by atoms with Gasteiger partial charge in [-0.3, -0.25) is 14.5 Å². The lowest BCUT2D eigenvalue weighted by atomic mass is 9.73. The molecule has 34 heavy (non-hydrogen) atoms. The van der Waals surface area contributed by atoms with Crippen LogP contribution in [0.3, 0.4) is 0 Å². The van der Waals surface area contributed by atoms with Gasteiger partial charge >= 0.3 is 5.97 Å². The molecule has 3 aromatic rings. The Hall–Kier alpha value is -3.73. The zero-order valence-corrected chi connectivity index (χ0v) is 19.4. The average molecular weight is 454 g/mol. The predicted molar refractivity (Wildman–Crippen MR) is 130 cm³/mol. The van der Waals surface area contributed by atoms with Crippen LogP contribution in [0.1, 0.15) is 52.2 Å². The fourth-order valence-corrected chi connectivity index (χ4v) is 5.39. The first-order valence-electron chi connectivity index (χ1n) is 11.7. The number of hydrogen-bond donors (Lipinski definition) is 0. The van der Waals surface area contributed by atoms with Gasteiger partial charge in [-0.2, -0.15) is 0 Å². The Kier molecular flexibility index (Phi) is 5.78. The number of carbonyl (C=O) groups is 3. The molecule has 1 saturated heterocycles. The monoisotopic (exact) mass is 453 g/mol. The summed E-state index contributed by atoms with van der Waals surface area (Å²) in [7, 11) is 0. The summed E-state index contributed by atoms with van der Waals surface area (Å²) in [6.07, 6.45) is 2.25. The van der Waals surface area contributed by atoms with Gasteiger partial charge in [0.05, 0.1) is 23.1 Å². The minimum Gasteiger partial charge on any atom is -0.423 e. The molecule has 2 fully saturated rings. The summed E-state index contributed by atoms with van der Waals surface area (Å²) < 4.78 is 5.56. The Morgan fingerprint density at radius 2 is 1.53 bits per heavy atom. The third-order valence-corrected chi connectivity index (χ3v) is 6.94. The zero-order chi connectivity index (χ0) is 23.8. The predicted octanol–water partition coefficient (Wildman–Crippen LogP) is 5.60. The molecule has 2 aliphatic rings. The van der Waals surface area contributed by atoms with Crippen molar-refractivity contribution in [3.63, 3.8) is 0 Å². The second kappa shape index (κ2) is 8.90. The Labute approximate surface area is 199 Å². The van der Waals surface area contributed by atoms with E-state index in [1.807, 2.05) is 38.1 Å². The highest BCUT2D eigenvalue weighted by Gasteiger charge is 2.50. The number of ether oxygens (including phenoxy) is 1. The molecule has 3 atom stereocenters. The Morgan fingerprint density at radius 1 is 0.824 bits per heavy atom. The molecule has 0 spiro atoms. The number of amides is 2. The van der Waals surface area contributed by atoms with Crippen molar-refractivity contribution in [3.8, 4) is 5.75 Å². The Balaban J connectivity index is 1.36. The number of hydrogen-bond acceptors (Lipinski definition) is 4. The van der Waals surface area contributed by atoms with E-state index in [4.69, 9.17) is 4.74 Å². The number of aryl methyl sites for hydroxylation is 2. The molecule has 5 nitrogen and oxygen atoms in total. The van der Waals surface area contributed by atoms with Crippen LogP contribution in [-0.4, -0.2) is 17.8 Å². The molecule has 0 unspecified atom stereocenters. The number of fused-ring (bicyclic) bond motifs is 1. The van der Waals surface area contributed by atoms with Crippen LogP contribution < -0.4 is 9.64 Å². The van der Waals surface area contributed by atoms with Gasteiger partial charge in [0.1, 0.15) is 5.75 Å². The van der Waals surface area contributed by atoms with Gasteiger partial charge in [-0.25, -0.2) is 4.79 Å². The standard InChI is InChI=1S/C29H27NO4/c1-18-13-19(2)15-24(14-18)34-29(33)22-9-6-10-23(16-22)30-27(31)25-12-11-21(17-26(25)28(30)32)20-7-4-3-5-8-20/h3-10,13-16,21,25-26H,11-12,17H2,1-2H3/t21-,25-,26-/m0/s1. The van der Waals surface area contributed by atoms with Crippen LogP contribution in [0.15, 0.2) is 72.8 Å². The van der Waals surface area contributed by atoms with Crippen molar-refractivity contribution in [3.05, 3.63) is 95.1 Å². The maximum Gasteiger partial charge on any atom is 0.343 e. The fourth-order valence-electron chi connectivity index (χ4n) is 5.39. The maximum atomic E-state index is 13.4. The van der Waals surface area contributed by atoms with E-state index < -0.39 is 5.97 Å². The van der Waals surface area contributed by atoms with E-state index >= 15 is 0 Å². The number of esters is 1. The van der Waals surface area contributed by atoms with Crippen LogP contribution >= 0.6 is 0 Å². The van der Waals surface area contributed by atoms with E-state index in [1.54, 1.807) is 36.4 Å². The summed E-state index contributed by atoms with van der Waals surface area (Å²) in [5, 5.41) is 0. The average Bonchev–Trinajstić information content (AvgIpc) is 3.08. The number of rotatable bonds is 4. The summed E-state index contributed by atoms with van der Waals surface area (Å²) in [6.45, 7) is 3.88. The van der Waals surface area contributed by atoms with E-state index in [0.717, 1.165) is 17.5 Å². The normalized spacial score (nSPS) is 21.9. The molecule has 1 saturated carbocycles. The lowest BCUT2D eigenvalue weighted by Gasteiger charge is -2.28. The summed E-state index contributed by atoms with van der Waals surface area (Å²) in [4.78, 5) is 40.7. The van der Waals surface area contributed by atoms with Crippen LogP contribution in [0, 0.1) is 25.7 Å².